The van der Waals surface area contributed by atoms with Crippen LogP contribution in [0.15, 0.2) is 24.5 Å². The molecule has 2 N–H and O–H groups in total. The first kappa shape index (κ1) is 11.5. The normalized spacial score (nSPS) is 14.6. The van der Waals surface area contributed by atoms with Gasteiger partial charge in [0.15, 0.2) is 5.82 Å². The van der Waals surface area contributed by atoms with Crippen molar-refractivity contribution < 1.29 is 0 Å². The van der Waals surface area contributed by atoms with Crippen LogP contribution in [-0.4, -0.2) is 27.9 Å². The van der Waals surface area contributed by atoms with Crippen LogP contribution in [0.5, 0.6) is 0 Å². The zero-order chi connectivity index (χ0) is 13.2. The van der Waals surface area contributed by atoms with E-state index in [0.717, 1.165) is 31.6 Å². The molecule has 0 spiro atoms. The fourth-order valence-electron chi connectivity index (χ4n) is 2.36. The Morgan fingerprint density at radius 3 is 2.53 bits per heavy atom. The Morgan fingerprint density at radius 2 is 1.89 bits per heavy atom. The summed E-state index contributed by atoms with van der Waals surface area (Å²) in [4.78, 5) is 6.09. The van der Waals surface area contributed by atoms with Gasteiger partial charge in [0, 0.05) is 25.5 Å². The fraction of sp³-hybridized carbons (Fsp3) is 0.308. The summed E-state index contributed by atoms with van der Waals surface area (Å²) in [6.07, 6.45) is 5.62. The van der Waals surface area contributed by atoms with Crippen molar-refractivity contribution in [3.05, 3.63) is 30.1 Å². The van der Waals surface area contributed by atoms with Gasteiger partial charge in [-0.25, -0.2) is 4.68 Å². The van der Waals surface area contributed by atoms with E-state index in [1.165, 1.54) is 0 Å². The monoisotopic (exact) mass is 254 g/mol. The molecule has 1 saturated heterocycles. The van der Waals surface area contributed by atoms with Crippen LogP contribution in [0.4, 0.5) is 11.6 Å². The van der Waals surface area contributed by atoms with Crippen molar-refractivity contribution in [2.45, 2.75) is 12.8 Å². The molecular weight excluding hydrogens is 240 g/mol. The predicted molar refractivity (Wildman–Crippen MR) is 71.9 cm³/mol. The van der Waals surface area contributed by atoms with Crippen LogP contribution in [0.2, 0.25) is 0 Å². The number of anilines is 2. The van der Waals surface area contributed by atoms with E-state index in [9.17, 15) is 5.26 Å². The number of rotatable bonds is 2. The van der Waals surface area contributed by atoms with E-state index >= 15 is 0 Å². The molecule has 0 saturated carbocycles. The summed E-state index contributed by atoms with van der Waals surface area (Å²) in [5, 5.41) is 13.8. The second-order valence-corrected chi connectivity index (χ2v) is 4.51. The first-order valence-corrected chi connectivity index (χ1v) is 6.25. The zero-order valence-corrected chi connectivity index (χ0v) is 10.5. The predicted octanol–water partition coefficient (Wildman–Crippen LogP) is 1.32. The van der Waals surface area contributed by atoms with Gasteiger partial charge in [-0.15, -0.1) is 5.10 Å². The summed E-state index contributed by atoms with van der Waals surface area (Å²) in [7, 11) is 0. The van der Waals surface area contributed by atoms with E-state index in [2.05, 4.69) is 21.1 Å². The molecular formula is C13H14N6. The fourth-order valence-corrected chi connectivity index (χ4v) is 2.36. The number of nitrogens with two attached hydrogens (primary N) is 1. The Morgan fingerprint density at radius 1 is 1.21 bits per heavy atom. The Bertz CT molecular complexity index is 619. The molecule has 2 aromatic heterocycles. The van der Waals surface area contributed by atoms with Crippen LogP contribution in [0, 0.1) is 11.3 Å². The van der Waals surface area contributed by atoms with E-state index in [0.29, 0.717) is 17.2 Å². The van der Waals surface area contributed by atoms with E-state index in [4.69, 9.17) is 5.73 Å². The van der Waals surface area contributed by atoms with E-state index in [-0.39, 0.29) is 0 Å². The molecule has 1 aliphatic rings. The molecule has 96 valence electrons. The van der Waals surface area contributed by atoms with Gasteiger partial charge in [0.1, 0.15) is 17.5 Å². The molecule has 3 heterocycles. The highest BCUT2D eigenvalue weighted by Crippen LogP contribution is 2.28. The third kappa shape index (κ3) is 1.89. The summed E-state index contributed by atoms with van der Waals surface area (Å²) >= 11 is 0. The topological polar surface area (TPSA) is 83.8 Å². The smallest absolute Gasteiger partial charge is 0.171 e. The molecule has 0 aliphatic carbocycles. The molecule has 0 unspecified atom stereocenters. The zero-order valence-electron chi connectivity index (χ0n) is 10.5. The third-order valence-electron chi connectivity index (χ3n) is 3.33. The first-order chi connectivity index (χ1) is 9.31. The molecule has 1 aliphatic heterocycles. The molecule has 19 heavy (non-hydrogen) atoms. The largest absolute Gasteiger partial charge is 0.382 e. The van der Waals surface area contributed by atoms with Gasteiger partial charge < -0.3 is 10.6 Å². The molecule has 3 rings (SSSR count). The molecule has 0 amide bonds. The van der Waals surface area contributed by atoms with Crippen LogP contribution in [0.25, 0.3) is 5.69 Å². The number of hydrogen-bond donors (Lipinski definition) is 1. The maximum absolute atomic E-state index is 9.30. The highest BCUT2D eigenvalue weighted by molar-refractivity contribution is 5.67. The maximum Gasteiger partial charge on any atom is 0.171 e. The van der Waals surface area contributed by atoms with Gasteiger partial charge in [-0.1, -0.05) is 0 Å². The summed E-state index contributed by atoms with van der Waals surface area (Å²) < 4.78 is 1.61. The van der Waals surface area contributed by atoms with Crippen molar-refractivity contribution in [3.8, 4) is 11.8 Å². The van der Waals surface area contributed by atoms with Crippen molar-refractivity contribution in [2.75, 3.05) is 23.7 Å². The quantitative estimate of drug-likeness (QED) is 0.873. The van der Waals surface area contributed by atoms with Crippen LogP contribution >= 0.6 is 0 Å². The molecule has 2 aromatic rings. The summed E-state index contributed by atoms with van der Waals surface area (Å²) in [5.74, 6) is 1.07. The summed E-state index contributed by atoms with van der Waals surface area (Å²) in [5.41, 5.74) is 7.32. The van der Waals surface area contributed by atoms with Crippen molar-refractivity contribution in [2.24, 2.45) is 0 Å². The molecule has 0 radical (unpaired) electrons. The minimum absolute atomic E-state index is 0.385. The average molecular weight is 254 g/mol. The van der Waals surface area contributed by atoms with Crippen LogP contribution in [-0.2, 0) is 0 Å². The van der Waals surface area contributed by atoms with Gasteiger partial charge >= 0.3 is 0 Å². The lowest BCUT2D eigenvalue weighted by Gasteiger charge is -2.13. The maximum atomic E-state index is 9.30. The lowest BCUT2D eigenvalue weighted by molar-refractivity contribution is 0.848. The number of pyridine rings is 1. The second kappa shape index (κ2) is 4.61. The van der Waals surface area contributed by atoms with E-state index in [1.54, 1.807) is 17.1 Å². The number of nitrogens with zero attached hydrogens (tertiary/aromatic N) is 5. The SMILES string of the molecule is N#Cc1c(N2CCCC2)nn(-c2ccncc2)c1N. The van der Waals surface area contributed by atoms with Crippen LogP contribution in [0.3, 0.4) is 0 Å². The van der Waals surface area contributed by atoms with Crippen molar-refractivity contribution in [3.63, 3.8) is 0 Å². The Balaban J connectivity index is 2.10. The Labute approximate surface area is 111 Å². The van der Waals surface area contributed by atoms with Gasteiger partial charge in [-0.2, -0.15) is 5.26 Å². The second-order valence-electron chi connectivity index (χ2n) is 4.51. The van der Waals surface area contributed by atoms with Crippen molar-refractivity contribution in [1.29, 1.82) is 5.26 Å². The summed E-state index contributed by atoms with van der Waals surface area (Å²) in [6, 6.07) is 5.80. The van der Waals surface area contributed by atoms with Gasteiger partial charge in [0.2, 0.25) is 0 Å². The molecule has 6 heteroatoms. The molecule has 0 bridgehead atoms. The minimum atomic E-state index is 0.385. The summed E-state index contributed by atoms with van der Waals surface area (Å²) in [6.45, 7) is 1.86. The minimum Gasteiger partial charge on any atom is -0.382 e. The number of hydrogen-bond acceptors (Lipinski definition) is 5. The van der Waals surface area contributed by atoms with Gasteiger partial charge in [0.05, 0.1) is 5.69 Å². The highest BCUT2D eigenvalue weighted by atomic mass is 15.4. The number of aromatic nitrogens is 3. The van der Waals surface area contributed by atoms with Crippen LogP contribution < -0.4 is 10.6 Å². The lowest BCUT2D eigenvalue weighted by Crippen LogP contribution is -2.19. The number of nitriles is 1. The first-order valence-electron chi connectivity index (χ1n) is 6.25. The van der Waals surface area contributed by atoms with Gasteiger partial charge in [0.25, 0.3) is 0 Å². The third-order valence-corrected chi connectivity index (χ3v) is 3.33. The van der Waals surface area contributed by atoms with E-state index < -0.39 is 0 Å². The molecule has 0 aromatic carbocycles. The van der Waals surface area contributed by atoms with E-state index in [1.807, 2.05) is 12.1 Å². The molecule has 6 nitrogen and oxygen atoms in total. The Hall–Kier alpha value is -2.55. The molecule has 1 fully saturated rings. The Kier molecular flexibility index (Phi) is 2.80. The standard InChI is InChI=1S/C13H14N6/c14-9-11-12(15)19(10-3-5-16-6-4-10)17-13(11)18-7-1-2-8-18/h3-6H,1-2,7-8,15H2. The number of nitrogen functional groups attached to an aromatic ring is 1. The lowest BCUT2D eigenvalue weighted by atomic mass is 10.3. The van der Waals surface area contributed by atoms with Gasteiger partial charge in [-0.3, -0.25) is 4.98 Å². The molecule has 0 atom stereocenters. The van der Waals surface area contributed by atoms with Crippen molar-refractivity contribution >= 4 is 11.6 Å². The highest BCUT2D eigenvalue weighted by Gasteiger charge is 2.23. The van der Waals surface area contributed by atoms with Gasteiger partial charge in [-0.05, 0) is 25.0 Å². The average Bonchev–Trinajstić information content (AvgIpc) is 3.07. The van der Waals surface area contributed by atoms with Crippen LogP contribution in [0.1, 0.15) is 18.4 Å². The van der Waals surface area contributed by atoms with Crippen molar-refractivity contribution in [1.82, 2.24) is 14.8 Å².